The van der Waals surface area contributed by atoms with E-state index in [0.29, 0.717) is 24.4 Å². The summed E-state index contributed by atoms with van der Waals surface area (Å²) in [5, 5.41) is 11.0. The lowest BCUT2D eigenvalue weighted by Crippen LogP contribution is -2.50. The van der Waals surface area contributed by atoms with Crippen LogP contribution in [0.15, 0.2) is 59.8 Å². The van der Waals surface area contributed by atoms with Crippen LogP contribution in [0.1, 0.15) is 10.4 Å². The lowest BCUT2D eigenvalue weighted by atomic mass is 10.1. The number of carbonyl (C=O) groups excluding carboxylic acids is 1. The number of aromatic nitrogens is 4. The first-order valence-electron chi connectivity index (χ1n) is 9.26. The van der Waals surface area contributed by atoms with Crippen molar-refractivity contribution in [3.8, 4) is 11.4 Å². The third-order valence-corrected chi connectivity index (χ3v) is 6.86. The van der Waals surface area contributed by atoms with Crippen LogP contribution in [0, 0.1) is 0 Å². The first-order valence-corrected chi connectivity index (χ1v) is 10.7. The fourth-order valence-electron chi connectivity index (χ4n) is 3.25. The standard InChI is InChI=1S/C19H20N6O4S/c1-29-17-6-8-18(9-7-17)30(27,28)24-12-10-23(11-13-24)19(26)15-2-4-16(5-3-15)25-14-20-21-22-25/h2-9,14H,10-13H2,1H3. The minimum atomic E-state index is -3.61. The second-order valence-electron chi connectivity index (χ2n) is 6.67. The summed E-state index contributed by atoms with van der Waals surface area (Å²) < 4.78 is 33.7. The number of ether oxygens (including phenoxy) is 1. The van der Waals surface area contributed by atoms with E-state index in [1.807, 2.05) is 0 Å². The van der Waals surface area contributed by atoms with E-state index in [2.05, 4.69) is 15.5 Å². The van der Waals surface area contributed by atoms with Crippen molar-refractivity contribution in [3.05, 3.63) is 60.4 Å². The molecule has 1 aliphatic rings. The molecule has 3 aromatic rings. The smallest absolute Gasteiger partial charge is 0.253 e. The van der Waals surface area contributed by atoms with Crippen LogP contribution < -0.4 is 4.74 Å². The maximum absolute atomic E-state index is 12.8. The second-order valence-corrected chi connectivity index (χ2v) is 8.61. The van der Waals surface area contributed by atoms with Gasteiger partial charge in [-0.3, -0.25) is 4.79 Å². The fraction of sp³-hybridized carbons (Fsp3) is 0.263. The molecule has 1 fully saturated rings. The predicted molar refractivity (Wildman–Crippen MR) is 107 cm³/mol. The Kier molecular flexibility index (Phi) is 5.46. The van der Waals surface area contributed by atoms with Crippen molar-refractivity contribution in [2.24, 2.45) is 0 Å². The monoisotopic (exact) mass is 428 g/mol. The van der Waals surface area contributed by atoms with Crippen LogP contribution in [0.25, 0.3) is 5.69 Å². The number of piperazine rings is 1. The number of sulfonamides is 1. The molecular weight excluding hydrogens is 408 g/mol. The summed E-state index contributed by atoms with van der Waals surface area (Å²) >= 11 is 0. The molecule has 0 bridgehead atoms. The van der Waals surface area contributed by atoms with Crippen molar-refractivity contribution in [2.75, 3.05) is 33.3 Å². The minimum Gasteiger partial charge on any atom is -0.497 e. The summed E-state index contributed by atoms with van der Waals surface area (Å²) in [5.41, 5.74) is 1.27. The number of methoxy groups -OCH3 is 1. The van der Waals surface area contributed by atoms with Crippen LogP contribution in [0.2, 0.25) is 0 Å². The van der Waals surface area contributed by atoms with Gasteiger partial charge in [-0.05, 0) is 59.0 Å². The van der Waals surface area contributed by atoms with Gasteiger partial charge in [0.1, 0.15) is 12.1 Å². The molecule has 2 heterocycles. The summed E-state index contributed by atoms with van der Waals surface area (Å²) in [7, 11) is -2.09. The van der Waals surface area contributed by atoms with Crippen molar-refractivity contribution < 1.29 is 17.9 Å². The molecule has 156 valence electrons. The lowest BCUT2D eigenvalue weighted by molar-refractivity contribution is 0.0698. The third-order valence-electron chi connectivity index (χ3n) is 4.95. The maximum Gasteiger partial charge on any atom is 0.253 e. The minimum absolute atomic E-state index is 0.139. The number of rotatable bonds is 5. The zero-order valence-electron chi connectivity index (χ0n) is 16.2. The van der Waals surface area contributed by atoms with Gasteiger partial charge in [0.2, 0.25) is 10.0 Å². The van der Waals surface area contributed by atoms with Crippen molar-refractivity contribution in [1.82, 2.24) is 29.4 Å². The number of benzene rings is 2. The van der Waals surface area contributed by atoms with Crippen LogP contribution in [0.3, 0.4) is 0 Å². The van der Waals surface area contributed by atoms with Crippen LogP contribution in [0.5, 0.6) is 5.75 Å². The highest BCUT2D eigenvalue weighted by atomic mass is 32.2. The van der Waals surface area contributed by atoms with Crippen molar-refractivity contribution in [3.63, 3.8) is 0 Å². The Morgan fingerprint density at radius 1 is 0.967 bits per heavy atom. The van der Waals surface area contributed by atoms with E-state index in [-0.39, 0.29) is 23.9 Å². The van der Waals surface area contributed by atoms with Gasteiger partial charge in [0, 0.05) is 31.7 Å². The predicted octanol–water partition coefficient (Wildman–Crippen LogP) is 0.818. The van der Waals surface area contributed by atoms with Crippen LogP contribution in [0.4, 0.5) is 0 Å². The first kappa shape index (κ1) is 20.0. The Hall–Kier alpha value is -3.31. The Morgan fingerprint density at radius 2 is 1.63 bits per heavy atom. The molecule has 30 heavy (non-hydrogen) atoms. The summed E-state index contributed by atoms with van der Waals surface area (Å²) in [6, 6.07) is 13.2. The van der Waals surface area contributed by atoms with E-state index < -0.39 is 10.0 Å². The molecule has 1 aromatic heterocycles. The number of amides is 1. The molecule has 4 rings (SSSR count). The molecule has 0 aliphatic carbocycles. The molecule has 0 atom stereocenters. The molecule has 11 heteroatoms. The second kappa shape index (κ2) is 8.20. The Bertz CT molecular complexity index is 1110. The van der Waals surface area contributed by atoms with Crippen molar-refractivity contribution in [2.45, 2.75) is 4.90 Å². The zero-order valence-corrected chi connectivity index (χ0v) is 17.1. The fourth-order valence-corrected chi connectivity index (χ4v) is 4.67. The molecule has 0 N–H and O–H groups in total. The molecule has 1 amide bonds. The van der Waals surface area contributed by atoms with E-state index in [4.69, 9.17) is 4.74 Å². The molecule has 0 spiro atoms. The van der Waals surface area contributed by atoms with Gasteiger partial charge in [0.15, 0.2) is 0 Å². The summed E-state index contributed by atoms with van der Waals surface area (Å²) in [5.74, 6) is 0.454. The third kappa shape index (κ3) is 3.89. The van der Waals surface area contributed by atoms with E-state index in [0.717, 1.165) is 5.69 Å². The molecule has 1 saturated heterocycles. The van der Waals surface area contributed by atoms with Gasteiger partial charge in [-0.25, -0.2) is 13.1 Å². The van der Waals surface area contributed by atoms with Gasteiger partial charge in [-0.1, -0.05) is 0 Å². The molecule has 0 unspecified atom stereocenters. The first-order chi connectivity index (χ1) is 14.5. The van der Waals surface area contributed by atoms with Crippen molar-refractivity contribution in [1.29, 1.82) is 0 Å². The normalized spacial score (nSPS) is 15.2. The maximum atomic E-state index is 12.8. The molecular formula is C19H20N6O4S. The van der Waals surface area contributed by atoms with Crippen LogP contribution >= 0.6 is 0 Å². The summed E-state index contributed by atoms with van der Waals surface area (Å²) in [6.45, 7) is 1.12. The van der Waals surface area contributed by atoms with E-state index in [1.165, 1.54) is 34.6 Å². The topological polar surface area (TPSA) is 111 Å². The summed E-state index contributed by atoms with van der Waals surface area (Å²) in [4.78, 5) is 14.7. The van der Waals surface area contributed by atoms with Crippen LogP contribution in [-0.2, 0) is 10.0 Å². The van der Waals surface area contributed by atoms with Crippen LogP contribution in [-0.4, -0.2) is 77.0 Å². The SMILES string of the molecule is COc1ccc(S(=O)(=O)N2CCN(C(=O)c3ccc(-n4cnnn4)cc3)CC2)cc1. The van der Waals surface area contributed by atoms with Crippen molar-refractivity contribution >= 4 is 15.9 Å². The van der Waals surface area contributed by atoms with E-state index in [9.17, 15) is 13.2 Å². The largest absolute Gasteiger partial charge is 0.497 e. The Balaban J connectivity index is 1.40. The number of carbonyl (C=O) groups is 1. The highest BCUT2D eigenvalue weighted by Gasteiger charge is 2.30. The molecule has 0 radical (unpaired) electrons. The van der Waals surface area contributed by atoms with Gasteiger partial charge in [-0.15, -0.1) is 5.10 Å². The highest BCUT2D eigenvalue weighted by molar-refractivity contribution is 7.89. The molecule has 0 saturated carbocycles. The highest BCUT2D eigenvalue weighted by Crippen LogP contribution is 2.21. The molecule has 2 aromatic carbocycles. The summed E-state index contributed by atoms with van der Waals surface area (Å²) in [6.07, 6.45) is 1.47. The number of nitrogens with zero attached hydrogens (tertiary/aromatic N) is 6. The van der Waals surface area contributed by atoms with Gasteiger partial charge in [-0.2, -0.15) is 4.31 Å². The zero-order chi connectivity index (χ0) is 21.1. The number of tetrazole rings is 1. The van der Waals surface area contributed by atoms with E-state index in [1.54, 1.807) is 41.3 Å². The van der Waals surface area contributed by atoms with Gasteiger partial charge < -0.3 is 9.64 Å². The average molecular weight is 428 g/mol. The quantitative estimate of drug-likeness (QED) is 0.591. The molecule has 10 nitrogen and oxygen atoms in total. The van der Waals surface area contributed by atoms with Gasteiger partial charge >= 0.3 is 0 Å². The van der Waals surface area contributed by atoms with Gasteiger partial charge in [0.25, 0.3) is 5.91 Å². The Morgan fingerprint density at radius 3 is 2.20 bits per heavy atom. The average Bonchev–Trinajstić information content (AvgIpc) is 3.34. The van der Waals surface area contributed by atoms with Gasteiger partial charge in [0.05, 0.1) is 17.7 Å². The number of hydrogen-bond acceptors (Lipinski definition) is 7. The van der Waals surface area contributed by atoms with E-state index >= 15 is 0 Å². The molecule has 1 aliphatic heterocycles. The number of hydrogen-bond donors (Lipinski definition) is 0. The lowest BCUT2D eigenvalue weighted by Gasteiger charge is -2.34. The Labute approximate surface area is 173 Å².